The summed E-state index contributed by atoms with van der Waals surface area (Å²) in [5, 5.41) is 2.88. The van der Waals surface area contributed by atoms with Gasteiger partial charge in [-0.25, -0.2) is 0 Å². The second-order valence-electron chi connectivity index (χ2n) is 4.21. The fraction of sp³-hybridized carbons (Fsp3) is 0.133. The molecule has 0 aliphatic heterocycles. The van der Waals surface area contributed by atoms with E-state index in [0.29, 0.717) is 11.4 Å². The normalized spacial score (nSPS) is 10.3. The zero-order valence-corrected chi connectivity index (χ0v) is 12.8. The van der Waals surface area contributed by atoms with Crippen LogP contribution in [0.5, 0.6) is 0 Å². The van der Waals surface area contributed by atoms with Gasteiger partial charge in [-0.3, -0.25) is 4.79 Å². The van der Waals surface area contributed by atoms with Crippen molar-refractivity contribution in [1.29, 1.82) is 0 Å². The van der Waals surface area contributed by atoms with E-state index in [1.807, 2.05) is 43.3 Å². The molecule has 0 saturated heterocycles. The molecule has 0 bridgehead atoms. The van der Waals surface area contributed by atoms with E-state index in [9.17, 15) is 4.79 Å². The summed E-state index contributed by atoms with van der Waals surface area (Å²) >= 11 is 9.28. The highest BCUT2D eigenvalue weighted by Gasteiger charge is 2.09. The van der Waals surface area contributed by atoms with Crippen LogP contribution in [0.2, 0.25) is 0 Å². The van der Waals surface area contributed by atoms with Crippen LogP contribution in [0.15, 0.2) is 46.9 Å². The lowest BCUT2D eigenvalue weighted by molar-refractivity contribution is 0.102. The molecule has 0 fully saturated rings. The molecule has 19 heavy (non-hydrogen) atoms. The van der Waals surface area contributed by atoms with Crippen LogP contribution in [-0.2, 0) is 5.88 Å². The van der Waals surface area contributed by atoms with Crippen LogP contribution in [0.4, 0.5) is 5.69 Å². The highest BCUT2D eigenvalue weighted by Crippen LogP contribution is 2.21. The van der Waals surface area contributed by atoms with E-state index in [4.69, 9.17) is 11.6 Å². The molecule has 0 heterocycles. The molecule has 0 atom stereocenters. The Morgan fingerprint density at radius 2 is 2.00 bits per heavy atom. The molecule has 0 aromatic heterocycles. The first-order chi connectivity index (χ1) is 9.11. The average molecular weight is 339 g/mol. The van der Waals surface area contributed by atoms with E-state index >= 15 is 0 Å². The van der Waals surface area contributed by atoms with Crippen molar-refractivity contribution in [3.63, 3.8) is 0 Å². The summed E-state index contributed by atoms with van der Waals surface area (Å²) in [6.07, 6.45) is 0. The quantitative estimate of drug-likeness (QED) is 0.804. The third kappa shape index (κ3) is 3.37. The predicted octanol–water partition coefficient (Wildman–Crippen LogP) is 4.75. The molecule has 2 aromatic carbocycles. The van der Waals surface area contributed by atoms with Gasteiger partial charge in [-0.2, -0.15) is 0 Å². The highest BCUT2D eigenvalue weighted by molar-refractivity contribution is 9.10. The van der Waals surface area contributed by atoms with Gasteiger partial charge in [-0.1, -0.05) is 40.2 Å². The van der Waals surface area contributed by atoms with Crippen molar-refractivity contribution in [3.8, 4) is 0 Å². The fourth-order valence-electron chi connectivity index (χ4n) is 1.69. The third-order valence-electron chi connectivity index (χ3n) is 2.84. The number of hydrogen-bond donors (Lipinski definition) is 1. The number of rotatable bonds is 3. The van der Waals surface area contributed by atoms with Crippen LogP contribution in [0.1, 0.15) is 21.5 Å². The van der Waals surface area contributed by atoms with Gasteiger partial charge >= 0.3 is 0 Å². The van der Waals surface area contributed by atoms with E-state index in [1.54, 1.807) is 6.07 Å². The number of aryl methyl sites for hydroxylation is 1. The molecular weight excluding hydrogens is 326 g/mol. The zero-order chi connectivity index (χ0) is 13.8. The van der Waals surface area contributed by atoms with Crippen LogP contribution in [0, 0.1) is 6.92 Å². The number of alkyl halides is 1. The molecule has 1 amide bonds. The standard InChI is InChI=1S/C15H13BrClNO/c1-10-6-7-11(8-13(10)16)15(19)18-14-5-3-2-4-12(14)9-17/h2-8H,9H2,1H3,(H,18,19). The van der Waals surface area contributed by atoms with E-state index in [-0.39, 0.29) is 5.91 Å². The highest BCUT2D eigenvalue weighted by atomic mass is 79.9. The van der Waals surface area contributed by atoms with E-state index in [1.165, 1.54) is 0 Å². The average Bonchev–Trinajstić information content (AvgIpc) is 2.42. The first-order valence-corrected chi connectivity index (χ1v) is 7.16. The molecule has 1 N–H and O–H groups in total. The Labute approximate surface area is 125 Å². The minimum Gasteiger partial charge on any atom is -0.322 e. The monoisotopic (exact) mass is 337 g/mol. The summed E-state index contributed by atoms with van der Waals surface area (Å²) in [7, 11) is 0. The van der Waals surface area contributed by atoms with Gasteiger partial charge in [-0.05, 0) is 36.2 Å². The summed E-state index contributed by atoms with van der Waals surface area (Å²) in [6.45, 7) is 1.98. The summed E-state index contributed by atoms with van der Waals surface area (Å²) in [5.74, 6) is 0.229. The van der Waals surface area contributed by atoms with Gasteiger partial charge in [0.05, 0.1) is 0 Å². The van der Waals surface area contributed by atoms with Gasteiger partial charge < -0.3 is 5.32 Å². The molecule has 0 unspecified atom stereocenters. The lowest BCUT2D eigenvalue weighted by Gasteiger charge is -2.09. The number of carbonyl (C=O) groups is 1. The van der Waals surface area contributed by atoms with Crippen LogP contribution in [-0.4, -0.2) is 5.91 Å². The van der Waals surface area contributed by atoms with Crippen LogP contribution >= 0.6 is 27.5 Å². The molecule has 4 heteroatoms. The third-order valence-corrected chi connectivity index (χ3v) is 3.99. The van der Waals surface area contributed by atoms with Crippen molar-refractivity contribution in [2.45, 2.75) is 12.8 Å². The SMILES string of the molecule is Cc1ccc(C(=O)Nc2ccccc2CCl)cc1Br. The summed E-state index contributed by atoms with van der Waals surface area (Å²) in [6, 6.07) is 13.0. The molecule has 0 saturated carbocycles. The second kappa shape index (κ2) is 6.22. The molecule has 0 aliphatic rings. The van der Waals surface area contributed by atoms with Crippen molar-refractivity contribution in [1.82, 2.24) is 0 Å². The number of nitrogens with one attached hydrogen (secondary N) is 1. The van der Waals surface area contributed by atoms with Gasteiger partial charge in [0.1, 0.15) is 0 Å². The molecule has 2 rings (SSSR count). The Hall–Kier alpha value is -1.32. The lowest BCUT2D eigenvalue weighted by atomic mass is 10.1. The minimum atomic E-state index is -0.140. The number of amides is 1. The molecule has 98 valence electrons. The summed E-state index contributed by atoms with van der Waals surface area (Å²) < 4.78 is 0.922. The lowest BCUT2D eigenvalue weighted by Crippen LogP contribution is -2.13. The van der Waals surface area contributed by atoms with Crippen LogP contribution in [0.3, 0.4) is 0 Å². The molecule has 0 aliphatic carbocycles. The van der Waals surface area contributed by atoms with Gasteiger partial charge in [0, 0.05) is 21.6 Å². The predicted molar refractivity (Wildman–Crippen MR) is 82.8 cm³/mol. The van der Waals surface area contributed by atoms with Crippen molar-refractivity contribution < 1.29 is 4.79 Å². The number of carbonyl (C=O) groups excluding carboxylic acids is 1. The molecule has 0 spiro atoms. The maximum atomic E-state index is 12.2. The molecule has 2 nitrogen and oxygen atoms in total. The van der Waals surface area contributed by atoms with E-state index in [0.717, 1.165) is 21.3 Å². The van der Waals surface area contributed by atoms with Gasteiger partial charge in [0.15, 0.2) is 0 Å². The van der Waals surface area contributed by atoms with Crippen LogP contribution < -0.4 is 5.32 Å². The smallest absolute Gasteiger partial charge is 0.255 e. The largest absolute Gasteiger partial charge is 0.322 e. The van der Waals surface area contributed by atoms with Crippen molar-refractivity contribution in [2.75, 3.05) is 5.32 Å². The van der Waals surface area contributed by atoms with Crippen LogP contribution in [0.25, 0.3) is 0 Å². The minimum absolute atomic E-state index is 0.140. The first-order valence-electron chi connectivity index (χ1n) is 5.83. The maximum Gasteiger partial charge on any atom is 0.255 e. The maximum absolute atomic E-state index is 12.2. The number of anilines is 1. The number of para-hydroxylation sites is 1. The second-order valence-corrected chi connectivity index (χ2v) is 5.33. The van der Waals surface area contributed by atoms with Gasteiger partial charge in [-0.15, -0.1) is 11.6 Å². The number of benzene rings is 2. The van der Waals surface area contributed by atoms with Gasteiger partial charge in [0.2, 0.25) is 0 Å². The first kappa shape index (κ1) is 14.1. The van der Waals surface area contributed by atoms with Crippen molar-refractivity contribution in [3.05, 3.63) is 63.6 Å². The van der Waals surface area contributed by atoms with Crippen molar-refractivity contribution in [2.24, 2.45) is 0 Å². The fourth-order valence-corrected chi connectivity index (χ4v) is 2.30. The molecular formula is C15H13BrClNO. The molecule has 0 radical (unpaired) electrons. The Morgan fingerprint density at radius 1 is 1.26 bits per heavy atom. The zero-order valence-electron chi connectivity index (χ0n) is 10.4. The van der Waals surface area contributed by atoms with E-state index < -0.39 is 0 Å². The van der Waals surface area contributed by atoms with Gasteiger partial charge in [0.25, 0.3) is 5.91 Å². The molecule has 2 aromatic rings. The Morgan fingerprint density at radius 3 is 2.68 bits per heavy atom. The topological polar surface area (TPSA) is 29.1 Å². The summed E-state index contributed by atoms with van der Waals surface area (Å²) in [4.78, 5) is 12.2. The van der Waals surface area contributed by atoms with E-state index in [2.05, 4.69) is 21.2 Å². The Kier molecular flexibility index (Phi) is 4.61. The van der Waals surface area contributed by atoms with Crippen molar-refractivity contribution >= 4 is 39.1 Å². The summed E-state index contributed by atoms with van der Waals surface area (Å²) in [5.41, 5.74) is 3.36. The Balaban J connectivity index is 2.23. The Bertz CT molecular complexity index is 613. The number of hydrogen-bond acceptors (Lipinski definition) is 1. The number of halogens is 2.